The van der Waals surface area contributed by atoms with Crippen molar-refractivity contribution in [1.29, 1.82) is 11.1 Å². The highest BCUT2D eigenvalue weighted by Gasteiger charge is 2.26. The van der Waals surface area contributed by atoms with Gasteiger partial charge in [-0.05, 0) is 52.0 Å². The summed E-state index contributed by atoms with van der Waals surface area (Å²) in [5, 5.41) is 19.5. The molecule has 0 bridgehead atoms. The Bertz CT molecular complexity index is 725. The maximum atomic E-state index is 7.48. The fourth-order valence-electron chi connectivity index (χ4n) is 2.64. The Morgan fingerprint density at radius 3 is 1.24 bits per heavy atom. The maximum absolute atomic E-state index is 7.48. The number of azo groups is 1. The predicted molar refractivity (Wildman–Crippen MR) is 118 cm³/mol. The summed E-state index contributed by atoms with van der Waals surface area (Å²) in [7, 11) is 0. The maximum Gasteiger partial charge on any atom is 0.0955 e. The van der Waals surface area contributed by atoms with Gasteiger partial charge in [-0.3, -0.25) is 0 Å². The van der Waals surface area contributed by atoms with Gasteiger partial charge in [0.2, 0.25) is 0 Å². The van der Waals surface area contributed by atoms with Crippen LogP contribution >= 0.6 is 12.4 Å². The third kappa shape index (κ3) is 7.57. The number of nitrogens with one attached hydrogen (secondary N) is 2. The molecule has 0 aliphatic rings. The molecule has 8 nitrogen and oxygen atoms in total. The minimum Gasteiger partial charge on any atom is -0.245 e. The van der Waals surface area contributed by atoms with E-state index in [2.05, 4.69) is 20.7 Å². The van der Waals surface area contributed by atoms with Gasteiger partial charge in [0.25, 0.3) is 0 Å². The van der Waals surface area contributed by atoms with Crippen LogP contribution in [0.4, 0.5) is 11.4 Å². The Kier molecular flexibility index (Phi) is 8.85. The molecule has 0 aliphatic carbocycles. The number of rotatable bonds is 10. The van der Waals surface area contributed by atoms with Crippen molar-refractivity contribution in [3.05, 3.63) is 60.7 Å². The van der Waals surface area contributed by atoms with Crippen molar-refractivity contribution in [1.82, 2.24) is 0 Å². The highest BCUT2D eigenvalue weighted by molar-refractivity contribution is 5.85. The van der Waals surface area contributed by atoms with E-state index in [9.17, 15) is 0 Å². The quantitative estimate of drug-likeness (QED) is 0.349. The van der Waals surface area contributed by atoms with Gasteiger partial charge in [-0.2, -0.15) is 21.3 Å². The van der Waals surface area contributed by atoms with E-state index in [1.807, 2.05) is 88.4 Å². The molecule has 0 atom stereocenters. The molecule has 0 fully saturated rings. The molecule has 9 heteroatoms. The first-order chi connectivity index (χ1) is 13.3. The molecule has 0 unspecified atom stereocenters. The number of hydrogen-bond acceptors (Lipinski definition) is 6. The second-order valence-electron chi connectivity index (χ2n) is 7.81. The number of hydrogen-bond donors (Lipinski definition) is 2. The Balaban J connectivity index is 0.00000420. The lowest BCUT2D eigenvalue weighted by Gasteiger charge is -2.29. The zero-order chi connectivity index (χ0) is 20.6. The van der Waals surface area contributed by atoms with Gasteiger partial charge < -0.3 is 0 Å². The first kappa shape index (κ1) is 24.2. The summed E-state index contributed by atoms with van der Waals surface area (Å²) in [6.07, 6.45) is 0. The molecule has 0 aromatic heterocycles. The number of nitrogens with zero attached hydrogens (tertiary/aromatic N) is 6. The zero-order valence-corrected chi connectivity index (χ0v) is 18.1. The van der Waals surface area contributed by atoms with Crippen molar-refractivity contribution in [3.8, 4) is 0 Å². The predicted octanol–water partition coefficient (Wildman–Crippen LogP) is 6.32. The Hall–Kier alpha value is -2.87. The molecule has 2 aromatic rings. The Labute approximate surface area is 178 Å². The zero-order valence-electron chi connectivity index (χ0n) is 17.3. The van der Waals surface area contributed by atoms with E-state index >= 15 is 0 Å². The van der Waals surface area contributed by atoms with Crippen molar-refractivity contribution in [2.75, 3.05) is 23.1 Å². The minimum absolute atomic E-state index is 0. The molecule has 0 saturated heterocycles. The number of benzene rings is 2. The summed E-state index contributed by atoms with van der Waals surface area (Å²) in [6, 6.07) is 19.1. The van der Waals surface area contributed by atoms with E-state index < -0.39 is 11.1 Å². The van der Waals surface area contributed by atoms with Crippen molar-refractivity contribution in [3.63, 3.8) is 0 Å². The van der Waals surface area contributed by atoms with Gasteiger partial charge in [0, 0.05) is 0 Å². The molecule has 0 aliphatic heterocycles. The van der Waals surface area contributed by atoms with Gasteiger partial charge >= 0.3 is 0 Å². The molecule has 2 N–H and O–H groups in total. The van der Waals surface area contributed by atoms with Crippen LogP contribution in [0.1, 0.15) is 27.7 Å². The number of halogens is 1. The summed E-state index contributed by atoms with van der Waals surface area (Å²) in [5.74, 6) is 0. The molecule has 0 radical (unpaired) electrons. The molecular weight excluding hydrogens is 388 g/mol. The van der Waals surface area contributed by atoms with E-state index in [0.29, 0.717) is 13.1 Å². The van der Waals surface area contributed by atoms with E-state index in [-0.39, 0.29) is 12.4 Å². The van der Waals surface area contributed by atoms with Crippen molar-refractivity contribution < 1.29 is 0 Å². The first-order valence-corrected chi connectivity index (χ1v) is 9.10. The summed E-state index contributed by atoms with van der Waals surface area (Å²) in [5.41, 5.74) is 15.5. The van der Waals surface area contributed by atoms with Gasteiger partial charge in [0.1, 0.15) is 0 Å². The molecule has 2 rings (SSSR count). The van der Waals surface area contributed by atoms with E-state index in [0.717, 1.165) is 11.4 Å². The smallest absolute Gasteiger partial charge is 0.0955 e. The summed E-state index contributed by atoms with van der Waals surface area (Å²) in [4.78, 5) is 0. The van der Waals surface area contributed by atoms with Crippen molar-refractivity contribution in [2.24, 2.45) is 20.7 Å². The molecule has 0 amide bonds. The fourth-order valence-corrected chi connectivity index (χ4v) is 2.64. The average molecular weight is 417 g/mol. The van der Waals surface area contributed by atoms with Gasteiger partial charge in [-0.25, -0.2) is 10.0 Å². The van der Waals surface area contributed by atoms with Crippen LogP contribution in [-0.4, -0.2) is 24.2 Å². The molecule has 0 saturated carbocycles. The molecule has 0 spiro atoms. The van der Waals surface area contributed by atoms with E-state index in [1.165, 1.54) is 0 Å². The van der Waals surface area contributed by atoms with Gasteiger partial charge in [0.15, 0.2) is 0 Å². The third-order valence-electron chi connectivity index (χ3n) is 4.01. The van der Waals surface area contributed by atoms with Crippen LogP contribution in [0.3, 0.4) is 0 Å². The second kappa shape index (κ2) is 10.6. The lowest BCUT2D eigenvalue weighted by Crippen LogP contribution is -2.37. The summed E-state index contributed by atoms with van der Waals surface area (Å²) < 4.78 is 0. The largest absolute Gasteiger partial charge is 0.245 e. The topological polar surface area (TPSA) is 104 Å². The Morgan fingerprint density at radius 1 is 0.655 bits per heavy atom. The molecular formula is C20H29ClN8. The van der Waals surface area contributed by atoms with Crippen LogP contribution in [0.2, 0.25) is 0 Å². The molecule has 156 valence electrons. The SMILES string of the molecule is CC(C)(CN(N=N)c1ccccc1)N=NC(C)(C)CN(N=N)c1ccccc1.Cl. The van der Waals surface area contributed by atoms with E-state index in [4.69, 9.17) is 11.1 Å². The van der Waals surface area contributed by atoms with Crippen molar-refractivity contribution in [2.45, 2.75) is 38.8 Å². The van der Waals surface area contributed by atoms with Crippen LogP contribution in [0, 0.1) is 11.1 Å². The molecule has 0 heterocycles. The normalized spacial score (nSPS) is 11.6. The fraction of sp³-hybridized carbons (Fsp3) is 0.400. The van der Waals surface area contributed by atoms with Crippen LogP contribution in [-0.2, 0) is 0 Å². The van der Waals surface area contributed by atoms with E-state index in [1.54, 1.807) is 10.0 Å². The standard InChI is InChI=1S/C20H28N8.ClH/c1-19(2,15-27(25-21)17-11-7-5-8-12-17)23-24-20(3,4)16-28(26-22)18-13-9-6-10-14-18;/h5-14,21-22H,15-16H2,1-4H3;1H. The summed E-state index contributed by atoms with van der Waals surface area (Å²) in [6.45, 7) is 8.67. The second-order valence-corrected chi connectivity index (χ2v) is 7.81. The average Bonchev–Trinajstić information content (AvgIpc) is 2.70. The highest BCUT2D eigenvalue weighted by Crippen LogP contribution is 2.23. The van der Waals surface area contributed by atoms with Gasteiger partial charge in [-0.15, -0.1) is 12.4 Å². The van der Waals surface area contributed by atoms with Crippen molar-refractivity contribution >= 4 is 23.8 Å². The molecule has 29 heavy (non-hydrogen) atoms. The lowest BCUT2D eigenvalue weighted by molar-refractivity contribution is 0.413. The summed E-state index contributed by atoms with van der Waals surface area (Å²) >= 11 is 0. The monoisotopic (exact) mass is 416 g/mol. The van der Waals surface area contributed by atoms with Gasteiger partial charge in [-0.1, -0.05) is 46.8 Å². The molecule has 2 aromatic carbocycles. The number of para-hydroxylation sites is 2. The lowest BCUT2D eigenvalue weighted by atomic mass is 10.1. The van der Waals surface area contributed by atoms with Crippen LogP contribution < -0.4 is 10.0 Å². The highest BCUT2D eigenvalue weighted by atomic mass is 35.5. The van der Waals surface area contributed by atoms with Crippen LogP contribution in [0.25, 0.3) is 0 Å². The van der Waals surface area contributed by atoms with Gasteiger partial charge in [0.05, 0.1) is 35.5 Å². The first-order valence-electron chi connectivity index (χ1n) is 9.10. The van der Waals surface area contributed by atoms with Crippen LogP contribution in [0.5, 0.6) is 0 Å². The number of anilines is 2. The third-order valence-corrected chi connectivity index (χ3v) is 4.01. The Morgan fingerprint density at radius 2 is 0.966 bits per heavy atom. The van der Waals surface area contributed by atoms with Crippen LogP contribution in [0.15, 0.2) is 81.3 Å². The minimum atomic E-state index is -0.548.